The maximum atomic E-state index is 4.56. The fourth-order valence-electron chi connectivity index (χ4n) is 1.60. The molecule has 2 rings (SSSR count). The Morgan fingerprint density at radius 3 is 2.63 bits per heavy atom. The van der Waals surface area contributed by atoms with Crippen molar-refractivity contribution in [1.82, 2.24) is 19.9 Å². The Morgan fingerprint density at radius 2 is 2.00 bits per heavy atom. The first-order valence-electron chi connectivity index (χ1n) is 6.16. The van der Waals surface area contributed by atoms with E-state index < -0.39 is 0 Å². The molecule has 2 heterocycles. The predicted molar refractivity (Wildman–Crippen MR) is 76.6 cm³/mol. The number of hydrogen-bond acceptors (Lipinski definition) is 6. The van der Waals surface area contributed by atoms with Crippen LogP contribution in [0.15, 0.2) is 22.4 Å². The van der Waals surface area contributed by atoms with Crippen molar-refractivity contribution in [1.29, 1.82) is 0 Å². The van der Waals surface area contributed by atoms with Crippen molar-refractivity contribution in [3.05, 3.63) is 29.3 Å². The highest BCUT2D eigenvalue weighted by molar-refractivity contribution is 7.99. The molecule has 19 heavy (non-hydrogen) atoms. The average Bonchev–Trinajstić information content (AvgIpc) is 2.41. The van der Waals surface area contributed by atoms with Crippen molar-refractivity contribution >= 4 is 17.6 Å². The number of anilines is 1. The van der Waals surface area contributed by atoms with E-state index in [1.165, 1.54) is 11.8 Å². The van der Waals surface area contributed by atoms with Gasteiger partial charge in [-0.1, -0.05) is 6.92 Å². The monoisotopic (exact) mass is 275 g/mol. The van der Waals surface area contributed by atoms with Gasteiger partial charge in [-0.05, 0) is 31.7 Å². The van der Waals surface area contributed by atoms with E-state index in [-0.39, 0.29) is 0 Å². The molecule has 2 aromatic heterocycles. The minimum absolute atomic E-state index is 0.714. The summed E-state index contributed by atoms with van der Waals surface area (Å²) in [6.45, 7) is 6.00. The van der Waals surface area contributed by atoms with Crippen molar-refractivity contribution in [2.75, 3.05) is 12.4 Å². The van der Waals surface area contributed by atoms with Gasteiger partial charge in [-0.15, -0.1) is 0 Å². The summed E-state index contributed by atoms with van der Waals surface area (Å²) in [7, 11) is 1.87. The van der Waals surface area contributed by atoms with Gasteiger partial charge in [0, 0.05) is 30.9 Å². The maximum Gasteiger partial charge on any atom is 0.194 e. The van der Waals surface area contributed by atoms with Crippen LogP contribution in [0.3, 0.4) is 0 Å². The van der Waals surface area contributed by atoms with E-state index in [1.807, 2.05) is 33.9 Å². The summed E-state index contributed by atoms with van der Waals surface area (Å²) in [5.74, 6) is 1.69. The number of nitrogens with zero attached hydrogens (tertiary/aromatic N) is 4. The Balaban J connectivity index is 2.38. The molecule has 0 aliphatic heterocycles. The van der Waals surface area contributed by atoms with E-state index in [0.29, 0.717) is 5.16 Å². The normalized spacial score (nSPS) is 10.5. The van der Waals surface area contributed by atoms with Gasteiger partial charge in [0.2, 0.25) is 0 Å². The fraction of sp³-hybridized carbons (Fsp3) is 0.385. The lowest BCUT2D eigenvalue weighted by atomic mass is 10.3. The third-order valence-corrected chi connectivity index (χ3v) is 3.63. The van der Waals surface area contributed by atoms with E-state index in [1.54, 1.807) is 6.20 Å². The van der Waals surface area contributed by atoms with Crippen molar-refractivity contribution < 1.29 is 0 Å². The van der Waals surface area contributed by atoms with Gasteiger partial charge in [-0.2, -0.15) is 0 Å². The number of rotatable bonds is 4. The summed E-state index contributed by atoms with van der Waals surface area (Å²) in [6.07, 6.45) is 2.57. The Kier molecular flexibility index (Phi) is 4.31. The Hall–Kier alpha value is -1.69. The van der Waals surface area contributed by atoms with Crippen LogP contribution in [0.1, 0.15) is 24.0 Å². The fourth-order valence-corrected chi connectivity index (χ4v) is 2.48. The molecule has 0 saturated heterocycles. The predicted octanol–water partition coefficient (Wildman–Crippen LogP) is 2.64. The van der Waals surface area contributed by atoms with Gasteiger partial charge in [0.15, 0.2) is 5.16 Å². The summed E-state index contributed by atoms with van der Waals surface area (Å²) in [5, 5.41) is 4.72. The SMILES string of the molecule is CCc1nc(NC)c(C)c(Sc2nccc(C)n2)n1. The standard InChI is InChI=1S/C13H17N5S/c1-5-10-17-11(14-4)9(3)12(18-10)19-13-15-7-6-8(2)16-13/h6-7H,5H2,1-4H3,(H,14,17,18). The van der Waals surface area contributed by atoms with Crippen LogP contribution in [0.4, 0.5) is 5.82 Å². The zero-order valence-electron chi connectivity index (χ0n) is 11.6. The van der Waals surface area contributed by atoms with E-state index >= 15 is 0 Å². The molecule has 0 aliphatic rings. The molecule has 0 fully saturated rings. The van der Waals surface area contributed by atoms with Crippen molar-refractivity contribution in [2.24, 2.45) is 0 Å². The summed E-state index contributed by atoms with van der Waals surface area (Å²) < 4.78 is 0. The maximum absolute atomic E-state index is 4.56. The van der Waals surface area contributed by atoms with Gasteiger partial charge in [0.1, 0.15) is 16.7 Å². The average molecular weight is 275 g/mol. The molecule has 1 N–H and O–H groups in total. The summed E-state index contributed by atoms with van der Waals surface area (Å²) in [4.78, 5) is 17.7. The topological polar surface area (TPSA) is 63.6 Å². The molecule has 0 bridgehead atoms. The molecule has 2 aromatic rings. The second-order valence-electron chi connectivity index (χ2n) is 4.10. The van der Waals surface area contributed by atoms with Crippen LogP contribution in [-0.4, -0.2) is 27.0 Å². The molecule has 0 aromatic carbocycles. The molecule has 0 radical (unpaired) electrons. The van der Waals surface area contributed by atoms with Crippen molar-refractivity contribution in [3.63, 3.8) is 0 Å². The first-order valence-corrected chi connectivity index (χ1v) is 6.98. The summed E-state index contributed by atoms with van der Waals surface area (Å²) >= 11 is 1.47. The largest absolute Gasteiger partial charge is 0.373 e. The van der Waals surface area contributed by atoms with Gasteiger partial charge in [-0.3, -0.25) is 0 Å². The first kappa shape index (κ1) is 13.7. The molecule has 0 spiro atoms. The molecule has 0 atom stereocenters. The molecule has 0 aliphatic carbocycles. The van der Waals surface area contributed by atoms with Crippen LogP contribution < -0.4 is 5.32 Å². The van der Waals surface area contributed by atoms with Crippen LogP contribution in [0.25, 0.3) is 0 Å². The molecular weight excluding hydrogens is 258 g/mol. The van der Waals surface area contributed by atoms with Crippen LogP contribution in [-0.2, 0) is 6.42 Å². The zero-order chi connectivity index (χ0) is 13.8. The third-order valence-electron chi connectivity index (χ3n) is 2.66. The molecule has 100 valence electrons. The quantitative estimate of drug-likeness (QED) is 0.683. The summed E-state index contributed by atoms with van der Waals surface area (Å²) in [6, 6.07) is 1.88. The summed E-state index contributed by atoms with van der Waals surface area (Å²) in [5.41, 5.74) is 1.98. The molecule has 5 nitrogen and oxygen atoms in total. The van der Waals surface area contributed by atoms with Gasteiger partial charge in [0.25, 0.3) is 0 Å². The number of hydrogen-bond donors (Lipinski definition) is 1. The van der Waals surface area contributed by atoms with Crippen molar-refractivity contribution in [2.45, 2.75) is 37.4 Å². The number of nitrogens with one attached hydrogen (secondary N) is 1. The highest BCUT2D eigenvalue weighted by Gasteiger charge is 2.12. The lowest BCUT2D eigenvalue weighted by Gasteiger charge is -2.10. The van der Waals surface area contributed by atoms with Crippen LogP contribution >= 0.6 is 11.8 Å². The molecule has 0 amide bonds. The van der Waals surface area contributed by atoms with Gasteiger partial charge in [-0.25, -0.2) is 19.9 Å². The second-order valence-corrected chi connectivity index (χ2v) is 5.06. The first-order chi connectivity index (χ1) is 9.13. The Labute approximate surface area is 117 Å². The van der Waals surface area contributed by atoms with E-state index in [0.717, 1.165) is 34.3 Å². The Bertz CT molecular complexity index is 585. The zero-order valence-corrected chi connectivity index (χ0v) is 12.4. The molecule has 0 saturated carbocycles. The molecule has 6 heteroatoms. The van der Waals surface area contributed by atoms with Crippen LogP contribution in [0, 0.1) is 13.8 Å². The van der Waals surface area contributed by atoms with Gasteiger partial charge >= 0.3 is 0 Å². The lowest BCUT2D eigenvalue weighted by Crippen LogP contribution is -2.04. The van der Waals surface area contributed by atoms with Crippen LogP contribution in [0.5, 0.6) is 0 Å². The lowest BCUT2D eigenvalue weighted by molar-refractivity contribution is 0.866. The van der Waals surface area contributed by atoms with Gasteiger partial charge in [0.05, 0.1) is 0 Å². The minimum atomic E-state index is 0.714. The smallest absolute Gasteiger partial charge is 0.194 e. The second kappa shape index (κ2) is 5.97. The third kappa shape index (κ3) is 3.20. The van der Waals surface area contributed by atoms with Crippen molar-refractivity contribution in [3.8, 4) is 0 Å². The van der Waals surface area contributed by atoms with E-state index in [2.05, 4.69) is 25.3 Å². The minimum Gasteiger partial charge on any atom is -0.373 e. The molecule has 0 unspecified atom stereocenters. The van der Waals surface area contributed by atoms with Gasteiger partial charge < -0.3 is 5.32 Å². The highest BCUT2D eigenvalue weighted by Crippen LogP contribution is 2.29. The van der Waals surface area contributed by atoms with Crippen LogP contribution in [0.2, 0.25) is 0 Å². The Morgan fingerprint density at radius 1 is 1.21 bits per heavy atom. The van der Waals surface area contributed by atoms with E-state index in [9.17, 15) is 0 Å². The number of aromatic nitrogens is 4. The van der Waals surface area contributed by atoms with E-state index in [4.69, 9.17) is 0 Å². The molecular formula is C13H17N5S. The highest BCUT2D eigenvalue weighted by atomic mass is 32.2. The number of aryl methyl sites for hydroxylation is 2.